The van der Waals surface area contributed by atoms with Gasteiger partial charge in [0.2, 0.25) is 0 Å². The maximum absolute atomic E-state index is 13.1. The zero-order valence-corrected chi connectivity index (χ0v) is 18.3. The van der Waals surface area contributed by atoms with Crippen LogP contribution in [0.2, 0.25) is 0 Å². The minimum Gasteiger partial charge on any atom is -0.507 e. The summed E-state index contributed by atoms with van der Waals surface area (Å²) in [4.78, 5) is 36.0. The smallest absolute Gasteiger partial charge is 0.295 e. The van der Waals surface area contributed by atoms with E-state index in [0.717, 1.165) is 0 Å². The summed E-state index contributed by atoms with van der Waals surface area (Å²) in [5.41, 5.74) is 0.758. The van der Waals surface area contributed by atoms with Crippen LogP contribution in [0.25, 0.3) is 5.76 Å². The zero-order chi connectivity index (χ0) is 23.4. The summed E-state index contributed by atoms with van der Waals surface area (Å²) in [6, 6.07) is 9.29. The molecule has 9 heteroatoms. The minimum atomic E-state index is -0.819. The molecule has 3 heterocycles. The molecule has 0 spiro atoms. The molecule has 33 heavy (non-hydrogen) atoms. The van der Waals surface area contributed by atoms with Crippen LogP contribution in [0.15, 0.2) is 66.9 Å². The third-order valence-electron chi connectivity index (χ3n) is 5.55. The number of aliphatic hydroxyl groups is 1. The summed E-state index contributed by atoms with van der Waals surface area (Å²) >= 11 is 0. The van der Waals surface area contributed by atoms with Crippen molar-refractivity contribution in [2.24, 2.45) is 0 Å². The standard InChI is InChI=1S/C24H24N4O5/c1-32-16-7-8-17(19(14-16)33-2)22(29)20-21(18-6-3-4-9-26-18)28(24(31)23(20)30)12-5-11-27-13-10-25-15-27/h3-4,6-10,13-15,21,29H,5,11-12H2,1-2H3. The number of nitrogens with zero attached hydrogens (tertiary/aromatic N) is 4. The predicted molar refractivity (Wildman–Crippen MR) is 120 cm³/mol. The molecule has 9 nitrogen and oxygen atoms in total. The Hall–Kier alpha value is -4.14. The number of aliphatic hydroxyl groups excluding tert-OH is 1. The molecule has 0 bridgehead atoms. The number of imidazole rings is 1. The first-order valence-electron chi connectivity index (χ1n) is 10.4. The molecule has 1 N–H and O–H groups in total. The summed E-state index contributed by atoms with van der Waals surface area (Å²) in [5, 5.41) is 11.2. The molecule has 1 fully saturated rings. The molecule has 1 aliphatic heterocycles. The number of carbonyl (C=O) groups is 2. The van der Waals surface area contributed by atoms with Crippen molar-refractivity contribution in [2.75, 3.05) is 20.8 Å². The summed E-state index contributed by atoms with van der Waals surface area (Å²) in [5.74, 6) is -0.905. The van der Waals surface area contributed by atoms with Gasteiger partial charge in [-0.3, -0.25) is 14.6 Å². The SMILES string of the molecule is COc1ccc(C(O)=C2C(=O)C(=O)N(CCCn3ccnc3)C2c2ccccn2)c(OC)c1. The van der Waals surface area contributed by atoms with E-state index in [1.165, 1.54) is 19.1 Å². The van der Waals surface area contributed by atoms with Gasteiger partial charge in [-0.05, 0) is 30.7 Å². The van der Waals surface area contributed by atoms with Gasteiger partial charge in [-0.1, -0.05) is 6.07 Å². The van der Waals surface area contributed by atoms with Gasteiger partial charge in [-0.2, -0.15) is 0 Å². The fraction of sp³-hybridized carbons (Fsp3) is 0.250. The van der Waals surface area contributed by atoms with Gasteiger partial charge in [0.15, 0.2) is 0 Å². The van der Waals surface area contributed by atoms with Crippen LogP contribution in [-0.2, 0) is 16.1 Å². The van der Waals surface area contributed by atoms with Crippen LogP contribution in [0.5, 0.6) is 11.5 Å². The van der Waals surface area contributed by atoms with E-state index in [-0.39, 0.29) is 16.9 Å². The van der Waals surface area contributed by atoms with Crippen LogP contribution in [0.3, 0.4) is 0 Å². The highest BCUT2D eigenvalue weighted by Crippen LogP contribution is 2.40. The minimum absolute atomic E-state index is 0.0233. The maximum Gasteiger partial charge on any atom is 0.295 e. The second kappa shape index (κ2) is 9.56. The lowest BCUT2D eigenvalue weighted by Gasteiger charge is -2.24. The van der Waals surface area contributed by atoms with Gasteiger partial charge in [0.05, 0.1) is 37.4 Å². The van der Waals surface area contributed by atoms with Gasteiger partial charge < -0.3 is 24.0 Å². The van der Waals surface area contributed by atoms with Gasteiger partial charge in [0, 0.05) is 37.7 Å². The monoisotopic (exact) mass is 448 g/mol. The molecule has 1 aromatic carbocycles. The number of likely N-dealkylation sites (tertiary alicyclic amines) is 1. The Morgan fingerprint density at radius 3 is 2.61 bits per heavy atom. The van der Waals surface area contributed by atoms with E-state index in [2.05, 4.69) is 9.97 Å². The highest BCUT2D eigenvalue weighted by Gasteiger charge is 2.46. The lowest BCUT2D eigenvalue weighted by atomic mass is 9.97. The largest absolute Gasteiger partial charge is 0.507 e. The Morgan fingerprint density at radius 1 is 1.09 bits per heavy atom. The Balaban J connectivity index is 1.75. The van der Waals surface area contributed by atoms with Crippen LogP contribution in [0.1, 0.15) is 23.7 Å². The van der Waals surface area contributed by atoms with Crippen molar-refractivity contribution < 1.29 is 24.2 Å². The number of rotatable bonds is 8. The molecule has 2 aromatic heterocycles. The van der Waals surface area contributed by atoms with Crippen molar-refractivity contribution in [1.82, 2.24) is 19.4 Å². The van der Waals surface area contributed by atoms with E-state index in [1.807, 2.05) is 10.8 Å². The molecule has 0 radical (unpaired) electrons. The van der Waals surface area contributed by atoms with Crippen LogP contribution in [0.4, 0.5) is 0 Å². The number of aromatic nitrogens is 3. The first-order valence-corrected chi connectivity index (χ1v) is 10.4. The maximum atomic E-state index is 13.1. The molecule has 0 saturated carbocycles. The van der Waals surface area contributed by atoms with Crippen LogP contribution < -0.4 is 9.47 Å². The lowest BCUT2D eigenvalue weighted by Crippen LogP contribution is -2.31. The summed E-state index contributed by atoms with van der Waals surface area (Å²) < 4.78 is 12.5. The number of ether oxygens (including phenoxy) is 2. The molecule has 4 rings (SSSR count). The molecular weight excluding hydrogens is 424 g/mol. The number of ketones is 1. The number of amides is 1. The molecule has 0 aliphatic carbocycles. The highest BCUT2D eigenvalue weighted by atomic mass is 16.5. The van der Waals surface area contributed by atoms with Gasteiger partial charge >= 0.3 is 0 Å². The Kier molecular flexibility index (Phi) is 6.39. The fourth-order valence-corrected chi connectivity index (χ4v) is 3.94. The number of hydrogen-bond donors (Lipinski definition) is 1. The molecule has 1 amide bonds. The summed E-state index contributed by atoms with van der Waals surface area (Å²) in [6.07, 6.45) is 7.40. The zero-order valence-electron chi connectivity index (χ0n) is 18.3. The quantitative estimate of drug-likeness (QED) is 0.321. The predicted octanol–water partition coefficient (Wildman–Crippen LogP) is 2.81. The van der Waals surface area contributed by atoms with Gasteiger partial charge in [0.25, 0.3) is 11.7 Å². The van der Waals surface area contributed by atoms with Gasteiger partial charge in [-0.15, -0.1) is 0 Å². The molecule has 1 unspecified atom stereocenters. The number of methoxy groups -OCH3 is 2. The van der Waals surface area contributed by atoms with Crippen molar-refractivity contribution >= 4 is 17.4 Å². The van der Waals surface area contributed by atoms with Crippen LogP contribution >= 0.6 is 0 Å². The van der Waals surface area contributed by atoms with E-state index in [1.54, 1.807) is 55.1 Å². The molecule has 1 atom stereocenters. The first kappa shape index (κ1) is 22.1. The number of carbonyl (C=O) groups excluding carboxylic acids is 2. The lowest BCUT2D eigenvalue weighted by molar-refractivity contribution is -0.140. The van der Waals surface area contributed by atoms with Crippen molar-refractivity contribution in [3.8, 4) is 11.5 Å². The van der Waals surface area contributed by atoms with E-state index >= 15 is 0 Å². The summed E-state index contributed by atoms with van der Waals surface area (Å²) in [6.45, 7) is 0.935. The third kappa shape index (κ3) is 4.30. The van der Waals surface area contributed by atoms with Crippen molar-refractivity contribution in [3.63, 3.8) is 0 Å². The van der Waals surface area contributed by atoms with E-state index in [9.17, 15) is 14.7 Å². The molecule has 3 aromatic rings. The number of pyridine rings is 1. The number of Topliss-reactive ketones (excluding diaryl/α,β-unsaturated/α-hetero) is 1. The second-order valence-electron chi connectivity index (χ2n) is 7.47. The normalized spacial score (nSPS) is 17.4. The van der Waals surface area contributed by atoms with Gasteiger partial charge in [-0.25, -0.2) is 4.98 Å². The van der Waals surface area contributed by atoms with E-state index < -0.39 is 17.7 Å². The summed E-state index contributed by atoms with van der Waals surface area (Å²) in [7, 11) is 2.97. The molecule has 1 aliphatic rings. The number of aryl methyl sites for hydroxylation is 1. The second-order valence-corrected chi connectivity index (χ2v) is 7.47. The molecule has 170 valence electrons. The van der Waals surface area contributed by atoms with Crippen molar-refractivity contribution in [1.29, 1.82) is 0 Å². The highest BCUT2D eigenvalue weighted by molar-refractivity contribution is 6.46. The average molecular weight is 448 g/mol. The Labute approximate surface area is 190 Å². The Bertz CT molecular complexity index is 1170. The van der Waals surface area contributed by atoms with E-state index in [0.29, 0.717) is 36.7 Å². The number of hydrogen-bond acceptors (Lipinski definition) is 7. The average Bonchev–Trinajstić information content (AvgIpc) is 3.46. The van der Waals surface area contributed by atoms with Gasteiger partial charge in [0.1, 0.15) is 23.3 Å². The van der Waals surface area contributed by atoms with Crippen molar-refractivity contribution in [2.45, 2.75) is 19.0 Å². The fourth-order valence-electron chi connectivity index (χ4n) is 3.94. The van der Waals surface area contributed by atoms with Crippen molar-refractivity contribution in [3.05, 3.63) is 78.1 Å². The number of benzene rings is 1. The first-order chi connectivity index (χ1) is 16.0. The van der Waals surface area contributed by atoms with Crippen LogP contribution in [-0.4, -0.2) is 57.0 Å². The molecule has 1 saturated heterocycles. The Morgan fingerprint density at radius 2 is 1.94 bits per heavy atom. The van der Waals surface area contributed by atoms with Crippen LogP contribution in [0, 0.1) is 0 Å². The third-order valence-corrected chi connectivity index (χ3v) is 5.55. The van der Waals surface area contributed by atoms with E-state index in [4.69, 9.17) is 9.47 Å². The molecular formula is C24H24N4O5. The topological polar surface area (TPSA) is 107 Å².